The molecule has 5 nitrogen and oxygen atoms in total. The topological polar surface area (TPSA) is 69.2 Å². The highest BCUT2D eigenvalue weighted by atomic mass is 19.1. The molecule has 0 radical (unpaired) electrons. The van der Waals surface area contributed by atoms with Crippen molar-refractivity contribution < 1.29 is 13.8 Å². The monoisotopic (exact) mass is 236 g/mol. The fraction of sp³-hybridized carbons (Fsp3) is 0.182. The number of halogens is 1. The Kier molecular flexibility index (Phi) is 2.63. The number of benzene rings is 1. The van der Waals surface area contributed by atoms with Gasteiger partial charge in [0.15, 0.2) is 0 Å². The molecule has 0 atom stereocenters. The van der Waals surface area contributed by atoms with E-state index in [4.69, 9.17) is 4.52 Å². The zero-order valence-corrected chi connectivity index (χ0v) is 9.23. The van der Waals surface area contributed by atoms with Gasteiger partial charge < -0.3 is 4.52 Å². The largest absolute Gasteiger partial charge is 0.361 e. The van der Waals surface area contributed by atoms with E-state index in [2.05, 4.69) is 5.16 Å². The van der Waals surface area contributed by atoms with Gasteiger partial charge in [-0.05, 0) is 25.5 Å². The highest BCUT2D eigenvalue weighted by molar-refractivity contribution is 5.69. The van der Waals surface area contributed by atoms with Crippen LogP contribution in [0.1, 0.15) is 11.5 Å². The summed E-state index contributed by atoms with van der Waals surface area (Å²) in [4.78, 5) is 10.0. The van der Waals surface area contributed by atoms with E-state index in [1.54, 1.807) is 13.8 Å². The Morgan fingerprint density at radius 3 is 2.59 bits per heavy atom. The van der Waals surface area contributed by atoms with Crippen LogP contribution in [0.25, 0.3) is 11.1 Å². The molecule has 0 spiro atoms. The Hall–Kier alpha value is -2.24. The zero-order chi connectivity index (χ0) is 12.6. The molecule has 1 heterocycles. The van der Waals surface area contributed by atoms with Gasteiger partial charge in [-0.2, -0.15) is 0 Å². The molecule has 0 amide bonds. The van der Waals surface area contributed by atoms with E-state index in [1.165, 1.54) is 12.1 Å². The number of aryl methyl sites for hydroxylation is 2. The van der Waals surface area contributed by atoms with Crippen LogP contribution in [0.15, 0.2) is 22.7 Å². The number of non-ortho nitro benzene ring substituents is 1. The first-order valence-electron chi connectivity index (χ1n) is 4.87. The van der Waals surface area contributed by atoms with Gasteiger partial charge in [-0.25, -0.2) is 4.39 Å². The maximum atomic E-state index is 13.3. The summed E-state index contributed by atoms with van der Waals surface area (Å²) in [5, 5.41) is 14.4. The minimum atomic E-state index is -0.658. The van der Waals surface area contributed by atoms with E-state index < -0.39 is 10.7 Å². The summed E-state index contributed by atoms with van der Waals surface area (Å²) in [6.45, 7) is 3.37. The Balaban J connectivity index is 2.64. The van der Waals surface area contributed by atoms with Crippen LogP contribution in [0.4, 0.5) is 10.1 Å². The summed E-state index contributed by atoms with van der Waals surface area (Å²) >= 11 is 0. The van der Waals surface area contributed by atoms with Crippen LogP contribution in [-0.4, -0.2) is 10.1 Å². The third-order valence-corrected chi connectivity index (χ3v) is 2.42. The molecule has 0 fully saturated rings. The quantitative estimate of drug-likeness (QED) is 0.593. The molecule has 0 bridgehead atoms. The van der Waals surface area contributed by atoms with Gasteiger partial charge in [-0.3, -0.25) is 10.1 Å². The lowest BCUT2D eigenvalue weighted by molar-refractivity contribution is -0.385. The molecule has 2 rings (SSSR count). The first-order chi connectivity index (χ1) is 7.99. The summed E-state index contributed by atoms with van der Waals surface area (Å²) in [6.07, 6.45) is 0. The van der Waals surface area contributed by atoms with E-state index in [-0.39, 0.29) is 5.69 Å². The zero-order valence-electron chi connectivity index (χ0n) is 9.23. The van der Waals surface area contributed by atoms with Crippen LogP contribution in [-0.2, 0) is 0 Å². The highest BCUT2D eigenvalue weighted by Crippen LogP contribution is 2.30. The van der Waals surface area contributed by atoms with Crippen molar-refractivity contribution in [3.63, 3.8) is 0 Å². The van der Waals surface area contributed by atoms with Crippen LogP contribution in [0.2, 0.25) is 0 Å². The molecule has 88 valence electrons. The average molecular weight is 236 g/mol. The summed E-state index contributed by atoms with van der Waals surface area (Å²) in [5.74, 6) is -0.156. The van der Waals surface area contributed by atoms with Crippen molar-refractivity contribution in [3.05, 3.63) is 45.6 Å². The van der Waals surface area contributed by atoms with E-state index >= 15 is 0 Å². The lowest BCUT2D eigenvalue weighted by Gasteiger charge is -2.01. The minimum Gasteiger partial charge on any atom is -0.361 e. The molecule has 0 aliphatic heterocycles. The van der Waals surface area contributed by atoms with Gasteiger partial charge in [0.25, 0.3) is 5.69 Å². The molecule has 0 aliphatic carbocycles. The number of hydrogen-bond acceptors (Lipinski definition) is 4. The maximum absolute atomic E-state index is 13.3. The van der Waals surface area contributed by atoms with Crippen molar-refractivity contribution in [2.45, 2.75) is 13.8 Å². The summed E-state index contributed by atoms with van der Waals surface area (Å²) in [5.41, 5.74) is 1.27. The van der Waals surface area contributed by atoms with E-state index in [1.807, 2.05) is 0 Å². The second-order valence-electron chi connectivity index (χ2n) is 3.65. The first-order valence-corrected chi connectivity index (χ1v) is 4.87. The fourth-order valence-electron chi connectivity index (χ4n) is 1.72. The van der Waals surface area contributed by atoms with Gasteiger partial charge in [-0.15, -0.1) is 0 Å². The molecule has 17 heavy (non-hydrogen) atoms. The van der Waals surface area contributed by atoms with E-state index in [0.717, 1.165) is 6.07 Å². The molecule has 0 saturated heterocycles. The lowest BCUT2D eigenvalue weighted by atomic mass is 10.0. The SMILES string of the molecule is Cc1noc(C)c1-c1cc(F)cc([N+](=O)[O-])c1. The molecule has 2 aromatic rings. The van der Waals surface area contributed by atoms with Crippen molar-refractivity contribution in [3.8, 4) is 11.1 Å². The molecule has 6 heteroatoms. The summed E-state index contributed by atoms with van der Waals surface area (Å²) < 4.78 is 18.2. The number of nitro benzene ring substituents is 1. The Morgan fingerprint density at radius 1 is 1.35 bits per heavy atom. The van der Waals surface area contributed by atoms with Crippen LogP contribution in [0.5, 0.6) is 0 Å². The molecule has 0 N–H and O–H groups in total. The average Bonchev–Trinajstić information content (AvgIpc) is 2.57. The molecular formula is C11H9FN2O3. The first kappa shape index (κ1) is 11.3. The van der Waals surface area contributed by atoms with Crippen molar-refractivity contribution in [1.29, 1.82) is 0 Å². The van der Waals surface area contributed by atoms with Gasteiger partial charge in [0, 0.05) is 11.6 Å². The Morgan fingerprint density at radius 2 is 2.06 bits per heavy atom. The van der Waals surface area contributed by atoms with Crippen LogP contribution in [0, 0.1) is 29.8 Å². The normalized spacial score (nSPS) is 10.5. The van der Waals surface area contributed by atoms with Crippen LogP contribution in [0.3, 0.4) is 0 Å². The van der Waals surface area contributed by atoms with Crippen molar-refractivity contribution in [1.82, 2.24) is 5.16 Å². The van der Waals surface area contributed by atoms with E-state index in [9.17, 15) is 14.5 Å². The van der Waals surface area contributed by atoms with Gasteiger partial charge in [0.1, 0.15) is 11.6 Å². The number of nitrogens with zero attached hydrogens (tertiary/aromatic N) is 2. The molecule has 1 aromatic heterocycles. The number of nitro groups is 1. The maximum Gasteiger partial charge on any atom is 0.272 e. The predicted octanol–water partition coefficient (Wildman–Crippen LogP) is 3.01. The molecule has 0 unspecified atom stereocenters. The second-order valence-corrected chi connectivity index (χ2v) is 3.65. The minimum absolute atomic E-state index is 0.292. The summed E-state index contributed by atoms with van der Waals surface area (Å²) in [6, 6.07) is 3.40. The van der Waals surface area contributed by atoms with Crippen molar-refractivity contribution in [2.24, 2.45) is 0 Å². The number of hydrogen-bond donors (Lipinski definition) is 0. The molecule has 1 aromatic carbocycles. The number of rotatable bonds is 2. The van der Waals surface area contributed by atoms with Crippen molar-refractivity contribution >= 4 is 5.69 Å². The van der Waals surface area contributed by atoms with Gasteiger partial charge in [0.2, 0.25) is 0 Å². The highest BCUT2D eigenvalue weighted by Gasteiger charge is 2.16. The van der Waals surface area contributed by atoms with E-state index in [0.29, 0.717) is 22.6 Å². The Bertz CT molecular complexity index is 573. The number of aromatic nitrogens is 1. The van der Waals surface area contributed by atoms with Gasteiger partial charge >= 0.3 is 0 Å². The fourth-order valence-corrected chi connectivity index (χ4v) is 1.72. The smallest absolute Gasteiger partial charge is 0.272 e. The van der Waals surface area contributed by atoms with Crippen molar-refractivity contribution in [2.75, 3.05) is 0 Å². The second kappa shape index (κ2) is 3.97. The molecule has 0 saturated carbocycles. The predicted molar refractivity (Wildman–Crippen MR) is 58.0 cm³/mol. The summed E-state index contributed by atoms with van der Waals surface area (Å²) in [7, 11) is 0. The van der Waals surface area contributed by atoms with Crippen LogP contribution >= 0.6 is 0 Å². The third-order valence-electron chi connectivity index (χ3n) is 2.42. The lowest BCUT2D eigenvalue weighted by Crippen LogP contribution is -1.91. The standard InChI is InChI=1S/C11H9FN2O3/c1-6-11(7(2)17-13-6)8-3-9(12)5-10(4-8)14(15)16/h3-5H,1-2H3. The molecule has 0 aliphatic rings. The third kappa shape index (κ3) is 2.01. The van der Waals surface area contributed by atoms with Crippen LogP contribution < -0.4 is 0 Å². The molecular weight excluding hydrogens is 227 g/mol. The Labute approximate surface area is 96.0 Å². The van der Waals surface area contributed by atoms with Gasteiger partial charge in [0.05, 0.1) is 16.7 Å². The van der Waals surface area contributed by atoms with Gasteiger partial charge in [-0.1, -0.05) is 5.16 Å².